The summed E-state index contributed by atoms with van der Waals surface area (Å²) in [7, 11) is 0. The van der Waals surface area contributed by atoms with Crippen molar-refractivity contribution in [3.05, 3.63) is 48.6 Å². The normalized spacial score (nSPS) is 14.2. The monoisotopic (exact) mass is 446 g/mol. The fraction of sp³-hybridized carbons (Fsp3) is 0.643. The third-order valence-corrected chi connectivity index (χ3v) is 5.57. The van der Waals surface area contributed by atoms with Gasteiger partial charge < -0.3 is 10.2 Å². The molecule has 1 unspecified atom stereocenters. The zero-order chi connectivity index (χ0) is 23.9. The number of unbranched alkanes of at least 4 members (excludes halogenated alkanes) is 6. The van der Waals surface area contributed by atoms with Crippen molar-refractivity contribution in [1.29, 1.82) is 0 Å². The summed E-state index contributed by atoms with van der Waals surface area (Å²) >= 11 is 0. The lowest BCUT2D eigenvalue weighted by Crippen LogP contribution is -2.12. The molecule has 0 saturated heterocycles. The zero-order valence-electron chi connectivity index (χ0n) is 20.4. The molecule has 0 bridgehead atoms. The van der Waals surface area contributed by atoms with Gasteiger partial charge in [0.05, 0.1) is 0 Å². The number of rotatable bonds is 21. The van der Waals surface area contributed by atoms with E-state index in [0.29, 0.717) is 24.7 Å². The maximum atomic E-state index is 11.0. The molecule has 0 saturated carbocycles. The van der Waals surface area contributed by atoms with E-state index in [0.717, 1.165) is 25.7 Å². The molecular formula is C28H46O4. The molecule has 0 amide bonds. The highest BCUT2D eigenvalue weighted by molar-refractivity contribution is 5.66. The van der Waals surface area contributed by atoms with Gasteiger partial charge >= 0.3 is 11.9 Å². The SMILES string of the molecule is CCCCC/C=C/C=C/C(CCCC(=O)O)[C@@H](/C=C/C=C/CCCC(=O)O)CCCCC. The van der Waals surface area contributed by atoms with E-state index in [9.17, 15) is 9.59 Å². The first-order chi connectivity index (χ1) is 15.5. The average molecular weight is 447 g/mol. The number of hydrogen-bond donors (Lipinski definition) is 2. The number of carboxylic acid groups (broad SMARTS) is 2. The van der Waals surface area contributed by atoms with Crippen LogP contribution < -0.4 is 0 Å². The summed E-state index contributed by atoms with van der Waals surface area (Å²) in [5, 5.41) is 17.8. The van der Waals surface area contributed by atoms with Gasteiger partial charge in [-0.25, -0.2) is 0 Å². The van der Waals surface area contributed by atoms with Gasteiger partial charge in [-0.05, 0) is 56.8 Å². The van der Waals surface area contributed by atoms with Gasteiger partial charge in [-0.1, -0.05) is 94.6 Å². The first kappa shape index (κ1) is 29.9. The smallest absolute Gasteiger partial charge is 0.303 e. The van der Waals surface area contributed by atoms with E-state index in [1.165, 1.54) is 38.5 Å². The molecule has 4 nitrogen and oxygen atoms in total. The Morgan fingerprint density at radius 3 is 1.62 bits per heavy atom. The maximum Gasteiger partial charge on any atom is 0.303 e. The fourth-order valence-corrected chi connectivity index (χ4v) is 3.67. The van der Waals surface area contributed by atoms with Crippen molar-refractivity contribution in [3.63, 3.8) is 0 Å². The van der Waals surface area contributed by atoms with Crippen LogP contribution in [0.25, 0.3) is 0 Å². The molecule has 0 spiro atoms. The summed E-state index contributed by atoms with van der Waals surface area (Å²) in [6, 6.07) is 0. The molecule has 0 aromatic carbocycles. The highest BCUT2D eigenvalue weighted by Gasteiger charge is 2.16. The molecule has 0 rings (SSSR count). The molecule has 0 radical (unpaired) electrons. The zero-order valence-corrected chi connectivity index (χ0v) is 20.4. The van der Waals surface area contributed by atoms with Crippen LogP contribution in [-0.4, -0.2) is 22.2 Å². The topological polar surface area (TPSA) is 74.6 Å². The van der Waals surface area contributed by atoms with Gasteiger partial charge in [-0.2, -0.15) is 0 Å². The Bertz CT molecular complexity index is 586. The van der Waals surface area contributed by atoms with Crippen LogP contribution in [0.1, 0.15) is 104 Å². The molecule has 2 N–H and O–H groups in total. The third kappa shape index (κ3) is 19.8. The molecular weight excluding hydrogens is 400 g/mol. The molecule has 0 aliphatic rings. The van der Waals surface area contributed by atoms with Crippen LogP contribution in [0, 0.1) is 11.8 Å². The van der Waals surface area contributed by atoms with Crippen molar-refractivity contribution in [3.8, 4) is 0 Å². The second-order valence-electron chi connectivity index (χ2n) is 8.52. The molecule has 2 atom stereocenters. The quantitative estimate of drug-likeness (QED) is 0.138. The largest absolute Gasteiger partial charge is 0.481 e. The van der Waals surface area contributed by atoms with Gasteiger partial charge in [0.15, 0.2) is 0 Å². The Balaban J connectivity index is 5.06. The lowest BCUT2D eigenvalue weighted by atomic mass is 9.83. The van der Waals surface area contributed by atoms with Crippen molar-refractivity contribution >= 4 is 11.9 Å². The third-order valence-electron chi connectivity index (χ3n) is 5.57. The van der Waals surface area contributed by atoms with Crippen molar-refractivity contribution in [2.24, 2.45) is 11.8 Å². The van der Waals surface area contributed by atoms with Crippen LogP contribution in [0.2, 0.25) is 0 Å². The van der Waals surface area contributed by atoms with Crippen LogP contribution in [0.5, 0.6) is 0 Å². The van der Waals surface area contributed by atoms with Crippen molar-refractivity contribution in [2.45, 2.75) is 104 Å². The highest BCUT2D eigenvalue weighted by atomic mass is 16.4. The van der Waals surface area contributed by atoms with E-state index in [4.69, 9.17) is 10.2 Å². The molecule has 0 aliphatic heterocycles. The standard InChI is InChI=1S/C28H46O4/c1-3-5-7-8-9-11-15-21-26(22-18-24-28(31)32)25(19-14-6-4-2)20-16-12-10-13-17-23-27(29)30/h9-12,15-16,20-21,25-26H,3-8,13-14,17-19,22-24H2,1-2H3,(H,29,30)(H,31,32)/b11-9+,12-10+,20-16+,21-15+/t25-,26?/m1/s1. The minimum Gasteiger partial charge on any atom is -0.481 e. The van der Waals surface area contributed by atoms with Crippen LogP contribution in [-0.2, 0) is 9.59 Å². The van der Waals surface area contributed by atoms with E-state index in [1.807, 2.05) is 12.2 Å². The predicted octanol–water partition coefficient (Wildman–Crippen LogP) is 8.11. The molecule has 32 heavy (non-hydrogen) atoms. The summed E-state index contributed by atoms with van der Waals surface area (Å²) in [4.78, 5) is 21.6. The van der Waals surface area contributed by atoms with E-state index in [1.54, 1.807) is 0 Å². The van der Waals surface area contributed by atoms with Crippen LogP contribution in [0.3, 0.4) is 0 Å². The summed E-state index contributed by atoms with van der Waals surface area (Å²) in [5.74, 6) is -0.779. The molecule has 0 aromatic rings. The van der Waals surface area contributed by atoms with E-state index >= 15 is 0 Å². The number of carboxylic acids is 2. The Morgan fingerprint density at radius 2 is 1.09 bits per heavy atom. The average Bonchev–Trinajstić information content (AvgIpc) is 2.75. The molecule has 182 valence electrons. The lowest BCUT2D eigenvalue weighted by Gasteiger charge is -2.22. The van der Waals surface area contributed by atoms with Crippen molar-refractivity contribution < 1.29 is 19.8 Å². The van der Waals surface area contributed by atoms with Crippen molar-refractivity contribution in [1.82, 2.24) is 0 Å². The Labute approximate surface area is 196 Å². The van der Waals surface area contributed by atoms with Gasteiger partial charge in [-0.15, -0.1) is 0 Å². The van der Waals surface area contributed by atoms with Gasteiger partial charge in [0.1, 0.15) is 0 Å². The Kier molecular flexibility index (Phi) is 20.7. The number of allylic oxidation sites excluding steroid dienone is 8. The fourth-order valence-electron chi connectivity index (χ4n) is 3.67. The van der Waals surface area contributed by atoms with Crippen molar-refractivity contribution in [2.75, 3.05) is 0 Å². The number of aliphatic carboxylic acids is 2. The summed E-state index contributed by atoms with van der Waals surface area (Å²) in [6.07, 6.45) is 30.0. The van der Waals surface area contributed by atoms with Crippen LogP contribution in [0.4, 0.5) is 0 Å². The predicted molar refractivity (Wildman–Crippen MR) is 135 cm³/mol. The van der Waals surface area contributed by atoms with Crippen LogP contribution in [0.15, 0.2) is 48.6 Å². The summed E-state index contributed by atoms with van der Waals surface area (Å²) < 4.78 is 0. The molecule has 0 aromatic heterocycles. The highest BCUT2D eigenvalue weighted by Crippen LogP contribution is 2.27. The van der Waals surface area contributed by atoms with E-state index < -0.39 is 11.9 Å². The second kappa shape index (κ2) is 22.1. The van der Waals surface area contributed by atoms with Crippen LogP contribution >= 0.6 is 0 Å². The van der Waals surface area contributed by atoms with Gasteiger partial charge in [0, 0.05) is 12.8 Å². The number of hydrogen-bond acceptors (Lipinski definition) is 2. The summed E-state index contributed by atoms with van der Waals surface area (Å²) in [5.41, 5.74) is 0. The van der Waals surface area contributed by atoms with E-state index in [2.05, 4.69) is 50.3 Å². The Morgan fingerprint density at radius 1 is 0.625 bits per heavy atom. The van der Waals surface area contributed by atoms with Gasteiger partial charge in [0.2, 0.25) is 0 Å². The molecule has 0 fully saturated rings. The Hall–Kier alpha value is -2.10. The first-order valence-corrected chi connectivity index (χ1v) is 12.6. The minimum atomic E-state index is -0.750. The van der Waals surface area contributed by atoms with Gasteiger partial charge in [-0.3, -0.25) is 9.59 Å². The number of carbonyl (C=O) groups is 2. The minimum absolute atomic E-state index is 0.204. The molecule has 0 heterocycles. The second-order valence-corrected chi connectivity index (χ2v) is 8.52. The van der Waals surface area contributed by atoms with Gasteiger partial charge in [0.25, 0.3) is 0 Å². The molecule has 0 aliphatic carbocycles. The summed E-state index contributed by atoms with van der Waals surface area (Å²) in [6.45, 7) is 4.42. The lowest BCUT2D eigenvalue weighted by molar-refractivity contribution is -0.138. The first-order valence-electron chi connectivity index (χ1n) is 12.6. The molecule has 4 heteroatoms. The maximum absolute atomic E-state index is 11.0. The van der Waals surface area contributed by atoms with E-state index in [-0.39, 0.29) is 12.8 Å².